The number of likely N-dealkylation sites (N-methyl/N-ethyl adjacent to an activating group) is 1. The van der Waals surface area contributed by atoms with Gasteiger partial charge in [0.15, 0.2) is 0 Å². The fraction of sp³-hybridized carbons (Fsp3) is 0.600. The minimum Gasteiger partial charge on any atom is -0.507 e. The van der Waals surface area contributed by atoms with Crippen molar-refractivity contribution in [3.63, 3.8) is 0 Å². The summed E-state index contributed by atoms with van der Waals surface area (Å²) >= 11 is 0. The predicted octanol–water partition coefficient (Wildman–Crippen LogP) is 1.78. The number of aromatic hydroxyl groups is 1. The number of ether oxygens (including phenoxy) is 1. The van der Waals surface area contributed by atoms with Crippen LogP contribution >= 0.6 is 0 Å². The van der Waals surface area contributed by atoms with Crippen LogP contribution in [0.15, 0.2) is 18.2 Å². The van der Waals surface area contributed by atoms with Gasteiger partial charge in [0.05, 0.1) is 7.11 Å². The summed E-state index contributed by atoms with van der Waals surface area (Å²) in [4.78, 5) is 4.69. The molecule has 106 valence electrons. The van der Waals surface area contributed by atoms with E-state index in [9.17, 15) is 5.11 Å². The van der Waals surface area contributed by atoms with Crippen LogP contribution in [0.4, 0.5) is 0 Å². The number of rotatable bonds is 4. The van der Waals surface area contributed by atoms with Crippen molar-refractivity contribution in [1.29, 1.82) is 0 Å². The summed E-state index contributed by atoms with van der Waals surface area (Å²) in [5.74, 6) is 1.68. The molecule has 0 amide bonds. The van der Waals surface area contributed by atoms with Crippen LogP contribution in [0.5, 0.6) is 11.5 Å². The summed E-state index contributed by atoms with van der Waals surface area (Å²) in [5, 5.41) is 10.0. The van der Waals surface area contributed by atoms with E-state index in [-0.39, 0.29) is 0 Å². The Hall–Kier alpha value is -1.26. The normalized spacial score (nSPS) is 24.1. The summed E-state index contributed by atoms with van der Waals surface area (Å²) in [5.41, 5.74) is 0.965. The van der Waals surface area contributed by atoms with Crippen molar-refractivity contribution in [2.45, 2.75) is 19.5 Å². The van der Waals surface area contributed by atoms with Gasteiger partial charge in [-0.15, -0.1) is 0 Å². The molecule has 4 nitrogen and oxygen atoms in total. The zero-order chi connectivity index (χ0) is 14.0. The zero-order valence-electron chi connectivity index (χ0n) is 12.3. The van der Waals surface area contributed by atoms with Crippen molar-refractivity contribution in [1.82, 2.24) is 9.80 Å². The summed E-state index contributed by atoms with van der Waals surface area (Å²) in [6.45, 7) is 5.22. The molecule has 1 aliphatic heterocycles. The van der Waals surface area contributed by atoms with E-state index in [1.807, 2.05) is 12.1 Å². The molecule has 2 rings (SSSR count). The Morgan fingerprint density at radius 2 is 2.11 bits per heavy atom. The maximum Gasteiger partial charge on any atom is 0.123 e. The second kappa shape index (κ2) is 5.80. The van der Waals surface area contributed by atoms with Crippen molar-refractivity contribution in [2.75, 3.05) is 34.3 Å². The van der Waals surface area contributed by atoms with Gasteiger partial charge in [0, 0.05) is 37.3 Å². The molecular formula is C15H24N2O2. The Labute approximate surface area is 115 Å². The Kier molecular flexibility index (Phi) is 4.32. The fourth-order valence-corrected chi connectivity index (χ4v) is 2.89. The first-order valence-electron chi connectivity index (χ1n) is 6.76. The molecule has 1 saturated heterocycles. The van der Waals surface area contributed by atoms with Gasteiger partial charge in [-0.25, -0.2) is 0 Å². The predicted molar refractivity (Wildman–Crippen MR) is 76.6 cm³/mol. The lowest BCUT2D eigenvalue weighted by Crippen LogP contribution is -2.34. The molecule has 1 aromatic carbocycles. The maximum absolute atomic E-state index is 10.0. The van der Waals surface area contributed by atoms with E-state index >= 15 is 0 Å². The number of nitrogens with zero attached hydrogens (tertiary/aromatic N) is 2. The first kappa shape index (κ1) is 14.2. The second-order valence-corrected chi connectivity index (χ2v) is 5.70. The standard InChI is InChI=1S/C15H24N2O2/c1-11-8-17(10-14(11)16(2)3)9-12-5-6-13(19-4)7-15(12)18/h5-7,11,14,18H,8-10H2,1-4H3. The Bertz CT molecular complexity index is 434. The summed E-state index contributed by atoms with van der Waals surface area (Å²) in [6, 6.07) is 6.12. The Balaban J connectivity index is 2.03. The van der Waals surface area contributed by atoms with Crippen LogP contribution in [0.25, 0.3) is 0 Å². The minimum atomic E-state index is 0.320. The van der Waals surface area contributed by atoms with E-state index in [4.69, 9.17) is 4.74 Å². The van der Waals surface area contributed by atoms with Crippen LogP contribution in [0.1, 0.15) is 12.5 Å². The van der Waals surface area contributed by atoms with Gasteiger partial charge in [-0.1, -0.05) is 13.0 Å². The van der Waals surface area contributed by atoms with Crippen LogP contribution in [-0.2, 0) is 6.54 Å². The molecule has 4 heteroatoms. The van der Waals surface area contributed by atoms with Crippen molar-refractivity contribution in [3.8, 4) is 11.5 Å². The molecule has 0 spiro atoms. The van der Waals surface area contributed by atoms with Crippen LogP contribution < -0.4 is 4.74 Å². The number of methoxy groups -OCH3 is 1. The highest BCUT2D eigenvalue weighted by atomic mass is 16.5. The van der Waals surface area contributed by atoms with Crippen molar-refractivity contribution in [3.05, 3.63) is 23.8 Å². The largest absolute Gasteiger partial charge is 0.507 e. The number of phenols is 1. The van der Waals surface area contributed by atoms with E-state index < -0.39 is 0 Å². The van der Waals surface area contributed by atoms with Gasteiger partial charge in [0.25, 0.3) is 0 Å². The molecule has 0 aliphatic carbocycles. The zero-order valence-corrected chi connectivity index (χ0v) is 12.3. The van der Waals surface area contributed by atoms with E-state index in [0.717, 1.165) is 25.2 Å². The van der Waals surface area contributed by atoms with Gasteiger partial charge in [-0.2, -0.15) is 0 Å². The monoisotopic (exact) mass is 264 g/mol. The highest BCUT2D eigenvalue weighted by Crippen LogP contribution is 2.27. The minimum absolute atomic E-state index is 0.320. The van der Waals surface area contributed by atoms with Gasteiger partial charge < -0.3 is 14.7 Å². The first-order chi connectivity index (χ1) is 9.01. The Morgan fingerprint density at radius 3 is 2.63 bits per heavy atom. The smallest absolute Gasteiger partial charge is 0.123 e. The third kappa shape index (κ3) is 3.19. The van der Waals surface area contributed by atoms with Gasteiger partial charge in [0.1, 0.15) is 11.5 Å². The maximum atomic E-state index is 10.0. The molecule has 2 unspecified atom stereocenters. The van der Waals surface area contributed by atoms with E-state index in [2.05, 4.69) is 30.8 Å². The van der Waals surface area contributed by atoms with Gasteiger partial charge >= 0.3 is 0 Å². The molecule has 19 heavy (non-hydrogen) atoms. The summed E-state index contributed by atoms with van der Waals surface area (Å²) < 4.78 is 5.11. The third-order valence-corrected chi connectivity index (χ3v) is 4.00. The molecule has 1 fully saturated rings. The number of hydrogen-bond donors (Lipinski definition) is 1. The number of likely N-dealkylation sites (tertiary alicyclic amines) is 1. The lowest BCUT2D eigenvalue weighted by atomic mass is 10.1. The average molecular weight is 264 g/mol. The van der Waals surface area contributed by atoms with Crippen LogP contribution in [0.3, 0.4) is 0 Å². The van der Waals surface area contributed by atoms with Crippen LogP contribution in [-0.4, -0.2) is 55.2 Å². The SMILES string of the molecule is COc1ccc(CN2CC(C)C(N(C)C)C2)c(O)c1. The van der Waals surface area contributed by atoms with Crippen LogP contribution in [0, 0.1) is 5.92 Å². The lowest BCUT2D eigenvalue weighted by molar-refractivity contribution is 0.249. The molecule has 1 aliphatic rings. The fourth-order valence-electron chi connectivity index (χ4n) is 2.89. The summed E-state index contributed by atoms with van der Waals surface area (Å²) in [7, 11) is 5.88. The topological polar surface area (TPSA) is 35.9 Å². The molecule has 0 radical (unpaired) electrons. The highest BCUT2D eigenvalue weighted by molar-refractivity contribution is 5.39. The molecule has 1 N–H and O–H groups in total. The van der Waals surface area contributed by atoms with Gasteiger partial charge in [0.2, 0.25) is 0 Å². The number of benzene rings is 1. The third-order valence-electron chi connectivity index (χ3n) is 4.00. The summed E-state index contributed by atoms with van der Waals surface area (Å²) in [6.07, 6.45) is 0. The molecule has 0 aromatic heterocycles. The van der Waals surface area contributed by atoms with Crippen molar-refractivity contribution < 1.29 is 9.84 Å². The van der Waals surface area contributed by atoms with Gasteiger partial charge in [-0.05, 0) is 26.1 Å². The molecule has 1 heterocycles. The number of hydrogen-bond acceptors (Lipinski definition) is 4. The average Bonchev–Trinajstić information content (AvgIpc) is 2.73. The van der Waals surface area contributed by atoms with Gasteiger partial charge in [-0.3, -0.25) is 4.90 Å². The van der Waals surface area contributed by atoms with E-state index in [0.29, 0.717) is 23.5 Å². The Morgan fingerprint density at radius 1 is 1.37 bits per heavy atom. The first-order valence-corrected chi connectivity index (χ1v) is 6.76. The quantitative estimate of drug-likeness (QED) is 0.899. The molecule has 1 aromatic rings. The van der Waals surface area contributed by atoms with Crippen molar-refractivity contribution in [2.24, 2.45) is 5.92 Å². The molecule has 0 saturated carbocycles. The van der Waals surface area contributed by atoms with E-state index in [1.165, 1.54) is 0 Å². The number of phenolic OH excluding ortho intramolecular Hbond substituents is 1. The highest BCUT2D eigenvalue weighted by Gasteiger charge is 2.31. The van der Waals surface area contributed by atoms with Crippen molar-refractivity contribution >= 4 is 0 Å². The van der Waals surface area contributed by atoms with E-state index in [1.54, 1.807) is 13.2 Å². The van der Waals surface area contributed by atoms with Crippen LogP contribution in [0.2, 0.25) is 0 Å². The molecular weight excluding hydrogens is 240 g/mol. The molecule has 2 atom stereocenters. The molecule has 0 bridgehead atoms. The second-order valence-electron chi connectivity index (χ2n) is 5.70. The lowest BCUT2D eigenvalue weighted by Gasteiger charge is -2.22.